The van der Waals surface area contributed by atoms with Gasteiger partial charge in [0.2, 0.25) is 0 Å². The Morgan fingerprint density at radius 1 is 1.22 bits per heavy atom. The van der Waals surface area contributed by atoms with E-state index < -0.39 is 0 Å². The lowest BCUT2D eigenvalue weighted by atomic mass is 10.2. The zero-order valence-corrected chi connectivity index (χ0v) is 19.8. The maximum Gasteiger partial charge on any atom is 0.265 e. The normalized spacial score (nSPS) is 15.1. The van der Waals surface area contributed by atoms with E-state index in [4.69, 9.17) is 9.47 Å². The SMILES string of the molecule is CCN1C[C@@H](CN(C)C(=O)c2sc(COc3ccc(C)cc3)nc2C)Oc2ccccc21. The van der Waals surface area contributed by atoms with E-state index in [2.05, 4.69) is 22.9 Å². The molecule has 0 saturated heterocycles. The first-order valence-electron chi connectivity index (χ1n) is 10.9. The molecule has 7 heteroatoms. The summed E-state index contributed by atoms with van der Waals surface area (Å²) in [4.78, 5) is 22.4. The van der Waals surface area contributed by atoms with Crippen LogP contribution < -0.4 is 14.4 Å². The zero-order valence-electron chi connectivity index (χ0n) is 19.0. The minimum Gasteiger partial charge on any atom is -0.486 e. The van der Waals surface area contributed by atoms with E-state index in [1.54, 1.807) is 4.90 Å². The van der Waals surface area contributed by atoms with Gasteiger partial charge in [-0.2, -0.15) is 0 Å². The first-order chi connectivity index (χ1) is 15.4. The second-order valence-electron chi connectivity index (χ2n) is 8.06. The molecular weight excluding hydrogens is 422 g/mol. The second-order valence-corrected chi connectivity index (χ2v) is 9.14. The average Bonchev–Trinajstić information content (AvgIpc) is 3.17. The van der Waals surface area contributed by atoms with Gasteiger partial charge in [0.15, 0.2) is 0 Å². The average molecular weight is 452 g/mol. The van der Waals surface area contributed by atoms with E-state index >= 15 is 0 Å². The molecule has 1 aliphatic heterocycles. The molecule has 0 spiro atoms. The van der Waals surface area contributed by atoms with Crippen molar-refractivity contribution in [2.24, 2.45) is 0 Å². The number of hydrogen-bond donors (Lipinski definition) is 0. The molecule has 1 aromatic heterocycles. The summed E-state index contributed by atoms with van der Waals surface area (Å²) < 4.78 is 12.0. The molecule has 0 unspecified atom stereocenters. The van der Waals surface area contributed by atoms with E-state index in [0.717, 1.165) is 41.0 Å². The third-order valence-electron chi connectivity index (χ3n) is 5.55. The van der Waals surface area contributed by atoms with Crippen molar-refractivity contribution in [1.82, 2.24) is 9.88 Å². The molecule has 0 fully saturated rings. The summed E-state index contributed by atoms with van der Waals surface area (Å²) in [5.74, 6) is 1.63. The number of nitrogens with zero attached hydrogens (tertiary/aromatic N) is 3. The van der Waals surface area contributed by atoms with Crippen LogP contribution in [0.1, 0.15) is 32.9 Å². The molecule has 1 atom stereocenters. The second kappa shape index (κ2) is 9.61. The smallest absolute Gasteiger partial charge is 0.265 e. The van der Waals surface area contributed by atoms with Crippen molar-refractivity contribution in [2.45, 2.75) is 33.5 Å². The third kappa shape index (κ3) is 4.88. The molecule has 3 aromatic rings. The fraction of sp³-hybridized carbons (Fsp3) is 0.360. The quantitative estimate of drug-likeness (QED) is 0.521. The van der Waals surface area contributed by atoms with Crippen LogP contribution in [0.5, 0.6) is 11.5 Å². The molecule has 1 aliphatic rings. The Bertz CT molecular complexity index is 1080. The Labute approximate surface area is 193 Å². The first kappa shape index (κ1) is 22.1. The van der Waals surface area contributed by atoms with Crippen molar-refractivity contribution in [2.75, 3.05) is 31.6 Å². The monoisotopic (exact) mass is 451 g/mol. The lowest BCUT2D eigenvalue weighted by Crippen LogP contribution is -2.46. The van der Waals surface area contributed by atoms with Crippen molar-refractivity contribution in [3.05, 3.63) is 69.7 Å². The van der Waals surface area contributed by atoms with Crippen molar-refractivity contribution in [3.63, 3.8) is 0 Å². The van der Waals surface area contributed by atoms with E-state index in [0.29, 0.717) is 18.0 Å². The van der Waals surface area contributed by atoms with Gasteiger partial charge >= 0.3 is 0 Å². The van der Waals surface area contributed by atoms with E-state index in [9.17, 15) is 4.79 Å². The predicted octanol–water partition coefficient (Wildman–Crippen LogP) is 4.70. The Morgan fingerprint density at radius 2 is 1.97 bits per heavy atom. The summed E-state index contributed by atoms with van der Waals surface area (Å²) in [5.41, 5.74) is 3.03. The minimum atomic E-state index is -0.0867. The highest BCUT2D eigenvalue weighted by Crippen LogP contribution is 2.33. The fourth-order valence-corrected chi connectivity index (χ4v) is 4.80. The molecule has 0 saturated carbocycles. The Balaban J connectivity index is 1.39. The Morgan fingerprint density at radius 3 is 2.72 bits per heavy atom. The van der Waals surface area contributed by atoms with Crippen LogP contribution in [0.3, 0.4) is 0 Å². The van der Waals surface area contributed by atoms with Crippen molar-refractivity contribution >= 4 is 22.9 Å². The number of ether oxygens (including phenoxy) is 2. The topological polar surface area (TPSA) is 54.9 Å². The van der Waals surface area contributed by atoms with Crippen LogP contribution in [-0.4, -0.2) is 48.6 Å². The summed E-state index contributed by atoms with van der Waals surface area (Å²) in [6, 6.07) is 16.0. The van der Waals surface area contributed by atoms with Gasteiger partial charge in [-0.25, -0.2) is 4.98 Å². The van der Waals surface area contributed by atoms with Crippen LogP contribution in [0, 0.1) is 13.8 Å². The molecule has 0 N–H and O–H groups in total. The molecule has 0 bridgehead atoms. The number of amides is 1. The minimum absolute atomic E-state index is 0.0351. The number of carbonyl (C=O) groups excluding carboxylic acids is 1. The number of rotatable bonds is 7. The standard InChI is InChI=1S/C25H29N3O3S/c1-5-28-15-20(31-22-9-7-6-8-21(22)28)14-27(4)25(29)24-18(3)26-23(32-24)16-30-19-12-10-17(2)11-13-19/h6-13,20H,5,14-16H2,1-4H3/t20-/m1/s1. The molecule has 6 nitrogen and oxygen atoms in total. The number of fused-ring (bicyclic) bond motifs is 1. The molecule has 4 rings (SSSR count). The number of para-hydroxylation sites is 2. The van der Waals surface area contributed by atoms with Crippen LogP contribution in [-0.2, 0) is 6.61 Å². The van der Waals surface area contributed by atoms with Crippen LogP contribution in [0.2, 0.25) is 0 Å². The largest absolute Gasteiger partial charge is 0.486 e. The molecule has 0 aliphatic carbocycles. The number of carbonyl (C=O) groups is 1. The molecule has 2 heterocycles. The number of anilines is 1. The third-order valence-corrected chi connectivity index (χ3v) is 6.67. The molecule has 32 heavy (non-hydrogen) atoms. The number of likely N-dealkylation sites (N-methyl/N-ethyl adjacent to an activating group) is 2. The molecule has 0 radical (unpaired) electrons. The first-order valence-corrected chi connectivity index (χ1v) is 11.7. The summed E-state index contributed by atoms with van der Waals surface area (Å²) in [7, 11) is 1.82. The number of thiazole rings is 1. The highest BCUT2D eigenvalue weighted by Gasteiger charge is 2.28. The van der Waals surface area contributed by atoms with Crippen molar-refractivity contribution < 1.29 is 14.3 Å². The van der Waals surface area contributed by atoms with Crippen LogP contribution in [0.25, 0.3) is 0 Å². The van der Waals surface area contributed by atoms with E-state index in [1.165, 1.54) is 16.9 Å². The highest BCUT2D eigenvalue weighted by atomic mass is 32.1. The molecule has 168 valence electrons. The lowest BCUT2D eigenvalue weighted by Gasteiger charge is -2.37. The van der Waals surface area contributed by atoms with Gasteiger partial charge in [-0.05, 0) is 45.0 Å². The van der Waals surface area contributed by atoms with Gasteiger partial charge in [-0.1, -0.05) is 29.8 Å². The predicted molar refractivity (Wildman–Crippen MR) is 128 cm³/mol. The van der Waals surface area contributed by atoms with Gasteiger partial charge < -0.3 is 19.3 Å². The number of hydrogen-bond acceptors (Lipinski definition) is 6. The maximum atomic E-state index is 13.1. The van der Waals surface area contributed by atoms with Gasteiger partial charge in [0.25, 0.3) is 5.91 Å². The van der Waals surface area contributed by atoms with Crippen LogP contribution in [0.15, 0.2) is 48.5 Å². The molecule has 1 amide bonds. The maximum absolute atomic E-state index is 13.1. The van der Waals surface area contributed by atoms with Crippen LogP contribution >= 0.6 is 11.3 Å². The zero-order chi connectivity index (χ0) is 22.7. The summed E-state index contributed by atoms with van der Waals surface area (Å²) in [5, 5.41) is 0.792. The Kier molecular flexibility index (Phi) is 6.65. The van der Waals surface area contributed by atoms with Gasteiger partial charge in [-0.15, -0.1) is 11.3 Å². The summed E-state index contributed by atoms with van der Waals surface area (Å²) in [6.07, 6.45) is -0.0867. The highest BCUT2D eigenvalue weighted by molar-refractivity contribution is 7.13. The Hall–Kier alpha value is -3.06. The number of aryl methyl sites for hydroxylation is 2. The van der Waals surface area contributed by atoms with Crippen LogP contribution in [0.4, 0.5) is 5.69 Å². The summed E-state index contributed by atoms with van der Waals surface area (Å²) >= 11 is 1.40. The van der Waals surface area contributed by atoms with Gasteiger partial charge in [0.1, 0.15) is 34.1 Å². The van der Waals surface area contributed by atoms with E-state index in [-0.39, 0.29) is 12.0 Å². The van der Waals surface area contributed by atoms with Gasteiger partial charge in [0, 0.05) is 13.6 Å². The van der Waals surface area contributed by atoms with Gasteiger partial charge in [-0.3, -0.25) is 4.79 Å². The van der Waals surface area contributed by atoms with E-state index in [1.807, 2.05) is 63.4 Å². The van der Waals surface area contributed by atoms with Gasteiger partial charge in [0.05, 0.1) is 24.5 Å². The number of aromatic nitrogens is 1. The fourth-order valence-electron chi connectivity index (χ4n) is 3.83. The van der Waals surface area contributed by atoms with Crippen molar-refractivity contribution in [1.29, 1.82) is 0 Å². The number of benzene rings is 2. The van der Waals surface area contributed by atoms with Crippen molar-refractivity contribution in [3.8, 4) is 11.5 Å². The lowest BCUT2D eigenvalue weighted by molar-refractivity contribution is 0.0713. The molecular formula is C25H29N3O3S. The molecule has 2 aromatic carbocycles. The summed E-state index contributed by atoms with van der Waals surface area (Å²) in [6.45, 7) is 8.55.